The number of hydrogen-bond donors (Lipinski definition) is 2. The van der Waals surface area contributed by atoms with E-state index in [1.165, 1.54) is 5.56 Å². The van der Waals surface area contributed by atoms with Gasteiger partial charge in [-0.15, -0.1) is 10.2 Å². The Morgan fingerprint density at radius 3 is 2.85 bits per heavy atom. The molecular weight excluding hydrogens is 356 g/mol. The molecule has 1 aliphatic rings. The third kappa shape index (κ3) is 3.00. The van der Waals surface area contributed by atoms with Crippen molar-refractivity contribution in [3.8, 4) is 0 Å². The molecule has 6 nitrogen and oxygen atoms in total. The second-order valence-electron chi connectivity index (χ2n) is 6.60. The van der Waals surface area contributed by atoms with Crippen LogP contribution in [0.2, 0.25) is 0 Å². The fraction of sp³-hybridized carbons (Fsp3) is 0.200. The van der Waals surface area contributed by atoms with Crippen LogP contribution in [0.15, 0.2) is 48.7 Å². The van der Waals surface area contributed by atoms with E-state index in [4.69, 9.17) is 0 Å². The monoisotopic (exact) mass is 374 g/mol. The van der Waals surface area contributed by atoms with Gasteiger partial charge in [-0.1, -0.05) is 29.5 Å². The number of hydrogen-bond acceptors (Lipinski definition) is 7. The van der Waals surface area contributed by atoms with E-state index in [1.54, 1.807) is 11.3 Å². The summed E-state index contributed by atoms with van der Waals surface area (Å²) < 4.78 is 1.16. The summed E-state index contributed by atoms with van der Waals surface area (Å²) in [4.78, 5) is 9.09. The normalized spacial score (nSPS) is 16.0. The zero-order valence-electron chi connectivity index (χ0n) is 14.8. The van der Waals surface area contributed by atoms with Crippen molar-refractivity contribution >= 4 is 38.3 Å². The van der Waals surface area contributed by atoms with Crippen molar-refractivity contribution in [2.75, 3.05) is 10.6 Å². The first-order valence-electron chi connectivity index (χ1n) is 8.94. The lowest BCUT2D eigenvalue weighted by Crippen LogP contribution is -2.21. The van der Waals surface area contributed by atoms with Gasteiger partial charge in [0.15, 0.2) is 16.8 Å². The molecule has 0 aliphatic carbocycles. The molecule has 0 saturated carbocycles. The molecule has 27 heavy (non-hydrogen) atoms. The number of thiazole rings is 1. The minimum absolute atomic E-state index is 0.176. The molecule has 0 saturated heterocycles. The number of aromatic nitrogens is 4. The van der Waals surface area contributed by atoms with Gasteiger partial charge in [-0.05, 0) is 44.0 Å². The highest BCUT2D eigenvalue weighted by atomic mass is 32.1. The summed E-state index contributed by atoms with van der Waals surface area (Å²) in [5.41, 5.74) is 4.36. The first-order valence-corrected chi connectivity index (χ1v) is 9.76. The number of benzene rings is 1. The van der Waals surface area contributed by atoms with Crippen LogP contribution in [0.1, 0.15) is 29.3 Å². The molecule has 0 bridgehead atoms. The van der Waals surface area contributed by atoms with Crippen LogP contribution in [-0.4, -0.2) is 20.2 Å². The molecule has 1 aliphatic heterocycles. The number of nitrogens with zero attached hydrogens (tertiary/aromatic N) is 4. The number of rotatable bonds is 3. The van der Waals surface area contributed by atoms with Gasteiger partial charge in [0.1, 0.15) is 0 Å². The Bertz CT molecular complexity index is 1080. The van der Waals surface area contributed by atoms with Gasteiger partial charge in [0.05, 0.1) is 22.0 Å². The minimum Gasteiger partial charge on any atom is -0.360 e. The van der Waals surface area contributed by atoms with E-state index in [1.807, 2.05) is 42.6 Å². The number of para-hydroxylation sites is 1. The van der Waals surface area contributed by atoms with Crippen LogP contribution in [0, 0.1) is 6.92 Å². The summed E-state index contributed by atoms with van der Waals surface area (Å²) in [5, 5.41) is 16.5. The predicted molar refractivity (Wildman–Crippen MR) is 109 cm³/mol. The van der Waals surface area contributed by atoms with E-state index in [0.29, 0.717) is 0 Å². The quantitative estimate of drug-likeness (QED) is 0.544. The van der Waals surface area contributed by atoms with Crippen molar-refractivity contribution in [1.29, 1.82) is 0 Å². The summed E-state index contributed by atoms with van der Waals surface area (Å²) in [5.74, 6) is 1.62. The van der Waals surface area contributed by atoms with E-state index < -0.39 is 0 Å². The first kappa shape index (κ1) is 16.1. The number of anilines is 3. The van der Waals surface area contributed by atoms with Crippen LogP contribution in [0.3, 0.4) is 0 Å². The van der Waals surface area contributed by atoms with Crippen LogP contribution in [0.25, 0.3) is 10.2 Å². The van der Waals surface area contributed by atoms with Crippen molar-refractivity contribution in [1.82, 2.24) is 20.2 Å². The fourth-order valence-electron chi connectivity index (χ4n) is 3.45. The second kappa shape index (κ2) is 6.59. The second-order valence-corrected chi connectivity index (χ2v) is 7.63. The molecule has 0 spiro atoms. The van der Waals surface area contributed by atoms with Gasteiger partial charge in [-0.25, -0.2) is 4.98 Å². The Labute approximate surface area is 160 Å². The van der Waals surface area contributed by atoms with Gasteiger partial charge < -0.3 is 10.6 Å². The average Bonchev–Trinajstić information content (AvgIpc) is 3.13. The molecule has 0 radical (unpaired) electrons. The third-order valence-corrected chi connectivity index (χ3v) is 5.85. The molecule has 2 N–H and O–H groups in total. The molecule has 7 heteroatoms. The van der Waals surface area contributed by atoms with Crippen molar-refractivity contribution in [3.63, 3.8) is 0 Å². The van der Waals surface area contributed by atoms with E-state index >= 15 is 0 Å². The Balaban J connectivity index is 1.42. The van der Waals surface area contributed by atoms with E-state index in [-0.39, 0.29) is 6.04 Å². The molecule has 0 fully saturated rings. The standard InChI is InChI=1S/C20H18N6S/c1-12-13-9-10-15(14-6-4-5-11-21-14)22-19(13)26-25-18(12)24-20-23-16-7-2-3-8-17(16)27-20/h2-8,11,15H,9-10H2,1H3,(H,22,26)(H,23,24,25). The van der Waals surface area contributed by atoms with Gasteiger partial charge in [-0.3, -0.25) is 4.98 Å². The Morgan fingerprint density at radius 2 is 2.00 bits per heavy atom. The highest BCUT2D eigenvalue weighted by Gasteiger charge is 2.24. The fourth-order valence-corrected chi connectivity index (χ4v) is 4.32. The summed E-state index contributed by atoms with van der Waals surface area (Å²) >= 11 is 1.62. The van der Waals surface area contributed by atoms with Crippen LogP contribution in [-0.2, 0) is 6.42 Å². The smallest absolute Gasteiger partial charge is 0.189 e. The molecular formula is C20H18N6S. The summed E-state index contributed by atoms with van der Waals surface area (Å²) in [6, 6.07) is 14.3. The van der Waals surface area contributed by atoms with Gasteiger partial charge >= 0.3 is 0 Å². The highest BCUT2D eigenvalue weighted by molar-refractivity contribution is 7.22. The van der Waals surface area contributed by atoms with Crippen molar-refractivity contribution in [3.05, 3.63) is 65.5 Å². The molecule has 4 aromatic rings. The minimum atomic E-state index is 0.176. The average molecular weight is 374 g/mol. The highest BCUT2D eigenvalue weighted by Crippen LogP contribution is 2.35. The molecule has 5 rings (SSSR count). The number of fused-ring (bicyclic) bond motifs is 2. The molecule has 4 heterocycles. The largest absolute Gasteiger partial charge is 0.360 e. The van der Waals surface area contributed by atoms with Crippen molar-refractivity contribution in [2.45, 2.75) is 25.8 Å². The van der Waals surface area contributed by atoms with Gasteiger partial charge in [0.25, 0.3) is 0 Å². The maximum atomic E-state index is 4.63. The molecule has 1 atom stereocenters. The van der Waals surface area contributed by atoms with Crippen LogP contribution in [0.5, 0.6) is 0 Å². The Hall–Kier alpha value is -3.06. The molecule has 0 amide bonds. The lowest BCUT2D eigenvalue weighted by atomic mass is 9.96. The Morgan fingerprint density at radius 1 is 1.11 bits per heavy atom. The van der Waals surface area contributed by atoms with Crippen LogP contribution < -0.4 is 10.6 Å². The lowest BCUT2D eigenvalue weighted by molar-refractivity contribution is 0.637. The third-order valence-electron chi connectivity index (χ3n) is 4.90. The van der Waals surface area contributed by atoms with Gasteiger partial charge in [0.2, 0.25) is 0 Å². The zero-order valence-corrected chi connectivity index (χ0v) is 15.6. The van der Waals surface area contributed by atoms with Gasteiger partial charge in [0, 0.05) is 17.3 Å². The van der Waals surface area contributed by atoms with Crippen molar-refractivity contribution in [2.24, 2.45) is 0 Å². The summed E-state index contributed by atoms with van der Waals surface area (Å²) in [6.07, 6.45) is 3.76. The van der Waals surface area contributed by atoms with Gasteiger partial charge in [-0.2, -0.15) is 0 Å². The summed E-state index contributed by atoms with van der Waals surface area (Å²) in [6.45, 7) is 2.09. The SMILES string of the molecule is Cc1c(Nc2nc3ccccc3s2)nnc2c1CCC(c1ccccn1)N2. The van der Waals surface area contributed by atoms with E-state index in [9.17, 15) is 0 Å². The molecule has 1 unspecified atom stereocenters. The van der Waals surface area contributed by atoms with E-state index in [2.05, 4.69) is 43.8 Å². The van der Waals surface area contributed by atoms with Crippen molar-refractivity contribution < 1.29 is 0 Å². The predicted octanol–water partition coefficient (Wildman–Crippen LogP) is 4.63. The molecule has 3 aromatic heterocycles. The topological polar surface area (TPSA) is 75.6 Å². The molecule has 134 valence electrons. The number of pyridine rings is 1. The number of nitrogens with one attached hydrogen (secondary N) is 2. The lowest BCUT2D eigenvalue weighted by Gasteiger charge is -2.27. The van der Waals surface area contributed by atoms with Crippen LogP contribution in [0.4, 0.5) is 16.8 Å². The summed E-state index contributed by atoms with van der Waals surface area (Å²) in [7, 11) is 0. The maximum absolute atomic E-state index is 4.63. The maximum Gasteiger partial charge on any atom is 0.189 e. The van der Waals surface area contributed by atoms with E-state index in [0.717, 1.165) is 51.1 Å². The molecule has 1 aromatic carbocycles. The first-order chi connectivity index (χ1) is 13.3. The Kier molecular flexibility index (Phi) is 3.94. The zero-order chi connectivity index (χ0) is 18.2. The van der Waals surface area contributed by atoms with Crippen LogP contribution >= 0.6 is 11.3 Å².